The van der Waals surface area contributed by atoms with Gasteiger partial charge in [-0.2, -0.15) is 13.2 Å². The van der Waals surface area contributed by atoms with Crippen molar-refractivity contribution in [1.82, 2.24) is 10.3 Å². The number of amides is 2. The predicted molar refractivity (Wildman–Crippen MR) is 68.2 cm³/mol. The Morgan fingerprint density at radius 2 is 2.05 bits per heavy atom. The maximum atomic E-state index is 12.7. The lowest BCUT2D eigenvalue weighted by atomic mass is 9.85. The smallest absolute Gasteiger partial charge is 0.335 e. The average molecular weight is 305 g/mol. The Hall–Kier alpha value is -1.86. The average Bonchev–Trinajstić information content (AvgIpc) is 2.41. The number of hydrogen-bond donors (Lipinski definition) is 2. The van der Waals surface area contributed by atoms with Gasteiger partial charge in [-0.25, -0.2) is 14.2 Å². The number of anilines is 1. The fourth-order valence-electron chi connectivity index (χ4n) is 2.41. The van der Waals surface area contributed by atoms with Gasteiger partial charge in [0.1, 0.15) is 11.6 Å². The zero-order chi connectivity index (χ0) is 15.5. The fraction of sp³-hybridized carbons (Fsp3) is 0.538. The Balaban J connectivity index is 1.86. The molecular weight excluding hydrogens is 290 g/mol. The molecule has 0 saturated heterocycles. The second kappa shape index (κ2) is 6.28. The summed E-state index contributed by atoms with van der Waals surface area (Å²) in [6, 6.07) is 1.24. The zero-order valence-corrected chi connectivity index (χ0v) is 11.1. The van der Waals surface area contributed by atoms with Crippen LogP contribution in [0.1, 0.15) is 25.7 Å². The van der Waals surface area contributed by atoms with E-state index in [0.29, 0.717) is 12.8 Å². The van der Waals surface area contributed by atoms with Gasteiger partial charge in [0.25, 0.3) is 0 Å². The number of halogens is 4. The summed E-state index contributed by atoms with van der Waals surface area (Å²) < 4.78 is 50.6. The Morgan fingerprint density at radius 3 is 2.67 bits per heavy atom. The highest BCUT2D eigenvalue weighted by Crippen LogP contribution is 2.37. The van der Waals surface area contributed by atoms with Gasteiger partial charge in [0.2, 0.25) is 0 Å². The van der Waals surface area contributed by atoms with Crippen LogP contribution in [-0.2, 0) is 0 Å². The van der Waals surface area contributed by atoms with E-state index < -0.39 is 30.0 Å². The number of nitrogens with zero attached hydrogens (tertiary/aromatic N) is 1. The van der Waals surface area contributed by atoms with Gasteiger partial charge in [-0.1, -0.05) is 6.42 Å². The van der Waals surface area contributed by atoms with Gasteiger partial charge < -0.3 is 5.32 Å². The van der Waals surface area contributed by atoms with Crippen molar-refractivity contribution in [3.05, 3.63) is 24.1 Å². The largest absolute Gasteiger partial charge is 0.391 e. The highest BCUT2D eigenvalue weighted by Gasteiger charge is 2.42. The van der Waals surface area contributed by atoms with Gasteiger partial charge in [-0.05, 0) is 31.4 Å². The molecule has 0 radical (unpaired) electrons. The van der Waals surface area contributed by atoms with Crippen molar-refractivity contribution in [3.63, 3.8) is 0 Å². The summed E-state index contributed by atoms with van der Waals surface area (Å²) in [4.78, 5) is 15.3. The molecule has 21 heavy (non-hydrogen) atoms. The van der Waals surface area contributed by atoms with Crippen LogP contribution in [0.5, 0.6) is 0 Å². The van der Waals surface area contributed by atoms with E-state index in [-0.39, 0.29) is 18.7 Å². The van der Waals surface area contributed by atoms with Crippen LogP contribution in [0.3, 0.4) is 0 Å². The molecule has 116 valence electrons. The molecule has 1 heterocycles. The molecule has 0 bridgehead atoms. The van der Waals surface area contributed by atoms with Gasteiger partial charge in [-0.3, -0.25) is 5.32 Å². The molecule has 1 aromatic rings. The molecule has 0 aromatic carbocycles. The van der Waals surface area contributed by atoms with Crippen molar-refractivity contribution in [3.8, 4) is 0 Å². The van der Waals surface area contributed by atoms with Gasteiger partial charge in [0.05, 0.1) is 12.1 Å². The highest BCUT2D eigenvalue weighted by atomic mass is 19.4. The maximum Gasteiger partial charge on any atom is 0.391 e. The summed E-state index contributed by atoms with van der Waals surface area (Å²) in [5, 5.41) is 4.86. The molecule has 1 fully saturated rings. The molecule has 1 aromatic heterocycles. The maximum absolute atomic E-state index is 12.7. The Labute approximate surface area is 118 Å². The zero-order valence-electron chi connectivity index (χ0n) is 11.1. The third-order valence-corrected chi connectivity index (χ3v) is 3.44. The van der Waals surface area contributed by atoms with E-state index in [1.54, 1.807) is 0 Å². The summed E-state index contributed by atoms with van der Waals surface area (Å²) >= 11 is 0. The topological polar surface area (TPSA) is 54.0 Å². The first-order chi connectivity index (χ1) is 9.84. The number of pyridine rings is 1. The minimum Gasteiger partial charge on any atom is -0.335 e. The molecule has 2 N–H and O–H groups in total. The van der Waals surface area contributed by atoms with Crippen LogP contribution in [0.25, 0.3) is 0 Å². The Kier molecular flexibility index (Phi) is 4.64. The molecule has 1 aliphatic rings. The molecule has 1 aliphatic carbocycles. The van der Waals surface area contributed by atoms with Crippen LogP contribution in [0.15, 0.2) is 18.3 Å². The highest BCUT2D eigenvalue weighted by molar-refractivity contribution is 5.88. The summed E-state index contributed by atoms with van der Waals surface area (Å²) in [6.45, 7) is 0. The van der Waals surface area contributed by atoms with Crippen LogP contribution in [0.4, 0.5) is 28.2 Å². The third kappa shape index (κ3) is 4.57. The van der Waals surface area contributed by atoms with E-state index in [1.165, 1.54) is 6.07 Å². The fourth-order valence-corrected chi connectivity index (χ4v) is 2.41. The molecule has 0 aliphatic heterocycles. The lowest BCUT2D eigenvalue weighted by Gasteiger charge is -2.30. The van der Waals surface area contributed by atoms with Gasteiger partial charge in [0, 0.05) is 6.04 Å². The molecule has 2 amide bonds. The number of hydrogen-bond acceptors (Lipinski definition) is 2. The molecule has 0 spiro atoms. The second-order valence-corrected chi connectivity index (χ2v) is 5.06. The lowest BCUT2D eigenvalue weighted by molar-refractivity contribution is -0.183. The first kappa shape index (κ1) is 15.5. The molecule has 2 rings (SSSR count). The van der Waals surface area contributed by atoms with E-state index in [1.807, 2.05) is 0 Å². The first-order valence-corrected chi connectivity index (χ1v) is 6.60. The van der Waals surface area contributed by atoms with Crippen LogP contribution >= 0.6 is 0 Å². The normalized spacial score (nSPS) is 22.7. The summed E-state index contributed by atoms with van der Waals surface area (Å²) in [5.74, 6) is -1.78. The minimum atomic E-state index is -4.23. The monoisotopic (exact) mass is 305 g/mol. The molecular formula is C13H15F4N3O. The van der Waals surface area contributed by atoms with Crippen LogP contribution in [0.2, 0.25) is 0 Å². The van der Waals surface area contributed by atoms with Crippen molar-refractivity contribution >= 4 is 11.8 Å². The number of carbonyl (C=O) groups is 1. The number of aromatic nitrogens is 1. The van der Waals surface area contributed by atoms with E-state index in [4.69, 9.17) is 0 Å². The van der Waals surface area contributed by atoms with Crippen molar-refractivity contribution in [2.75, 3.05) is 5.32 Å². The van der Waals surface area contributed by atoms with E-state index >= 15 is 0 Å². The summed E-state index contributed by atoms with van der Waals surface area (Å²) in [7, 11) is 0. The first-order valence-electron chi connectivity index (χ1n) is 6.60. The third-order valence-electron chi connectivity index (χ3n) is 3.44. The van der Waals surface area contributed by atoms with Crippen molar-refractivity contribution in [1.29, 1.82) is 0 Å². The van der Waals surface area contributed by atoms with Gasteiger partial charge in [-0.15, -0.1) is 0 Å². The minimum absolute atomic E-state index is 0.100. The summed E-state index contributed by atoms with van der Waals surface area (Å²) in [5.41, 5.74) is 0. The molecule has 4 nitrogen and oxygen atoms in total. The SMILES string of the molecule is O=C(Nc1ccc(F)cn1)N[C@H]1CCC[C@@H](C(F)(F)F)C1. The Bertz CT molecular complexity index is 489. The van der Waals surface area contributed by atoms with Crippen LogP contribution < -0.4 is 10.6 Å². The number of urea groups is 1. The number of nitrogens with one attached hydrogen (secondary N) is 2. The quantitative estimate of drug-likeness (QED) is 0.822. The molecule has 1 saturated carbocycles. The number of rotatable bonds is 2. The lowest BCUT2D eigenvalue weighted by Crippen LogP contribution is -2.43. The number of alkyl halides is 3. The van der Waals surface area contributed by atoms with Crippen molar-refractivity contribution in [2.24, 2.45) is 5.92 Å². The van der Waals surface area contributed by atoms with E-state index in [9.17, 15) is 22.4 Å². The van der Waals surface area contributed by atoms with Crippen LogP contribution in [-0.4, -0.2) is 23.2 Å². The second-order valence-electron chi connectivity index (χ2n) is 5.06. The number of carbonyl (C=O) groups excluding carboxylic acids is 1. The molecule has 8 heteroatoms. The van der Waals surface area contributed by atoms with Crippen molar-refractivity contribution < 1.29 is 22.4 Å². The van der Waals surface area contributed by atoms with Crippen molar-refractivity contribution in [2.45, 2.75) is 37.9 Å². The van der Waals surface area contributed by atoms with Gasteiger partial charge >= 0.3 is 12.2 Å². The molecule has 0 unspecified atom stereocenters. The molecule has 2 atom stereocenters. The van der Waals surface area contributed by atoms with Crippen LogP contribution in [0, 0.1) is 11.7 Å². The standard InChI is InChI=1S/C13H15F4N3O/c14-9-4-5-11(18-7-9)20-12(21)19-10-3-1-2-8(6-10)13(15,16)17/h4-5,7-8,10H,1-3,6H2,(H2,18,19,20,21)/t8-,10+/m1/s1. The Morgan fingerprint density at radius 1 is 1.29 bits per heavy atom. The van der Waals surface area contributed by atoms with Gasteiger partial charge in [0.15, 0.2) is 0 Å². The van der Waals surface area contributed by atoms with E-state index in [0.717, 1.165) is 12.3 Å². The summed E-state index contributed by atoms with van der Waals surface area (Å²) in [6.07, 6.45) is -2.37. The van der Waals surface area contributed by atoms with E-state index in [2.05, 4.69) is 15.6 Å². The predicted octanol–water partition coefficient (Wildman–Crippen LogP) is 3.46.